The predicted octanol–water partition coefficient (Wildman–Crippen LogP) is 1.40. The Morgan fingerprint density at radius 2 is 2.05 bits per heavy atom. The van der Waals surface area contributed by atoms with Crippen molar-refractivity contribution in [1.82, 2.24) is 9.78 Å². The van der Waals surface area contributed by atoms with Gasteiger partial charge in [-0.2, -0.15) is 5.10 Å². The third kappa shape index (κ3) is 2.72. The first kappa shape index (κ1) is 14.3. The molecule has 6 nitrogen and oxygen atoms in total. The highest BCUT2D eigenvalue weighted by Crippen LogP contribution is 2.22. The van der Waals surface area contributed by atoms with E-state index in [1.165, 1.54) is 29.8 Å². The Morgan fingerprint density at radius 1 is 1.35 bits per heavy atom. The first-order valence-electron chi connectivity index (χ1n) is 5.85. The van der Waals surface area contributed by atoms with Crippen molar-refractivity contribution in [3.8, 4) is 0 Å². The van der Waals surface area contributed by atoms with E-state index < -0.39 is 15.8 Å². The number of carboxylic acids is 1. The molecule has 0 aliphatic heterocycles. The van der Waals surface area contributed by atoms with Gasteiger partial charge in [-0.15, -0.1) is 0 Å². The lowest BCUT2D eigenvalue weighted by atomic mass is 10.1. The highest BCUT2D eigenvalue weighted by molar-refractivity contribution is 7.90. The molecule has 0 unspecified atom stereocenters. The molecule has 1 N–H and O–H groups in total. The molecule has 20 heavy (non-hydrogen) atoms. The standard InChI is InChI=1S/C13H14N2O4S/c1-9-11(13(16)17)4-3-5-12(9)20(18,19)8-10-6-7-15(2)14-10/h3-7H,8H2,1-2H3,(H,16,17). The van der Waals surface area contributed by atoms with Crippen LogP contribution in [0.5, 0.6) is 0 Å². The van der Waals surface area contributed by atoms with Crippen LogP contribution in [-0.2, 0) is 22.6 Å². The molecule has 7 heteroatoms. The number of hydrogen-bond donors (Lipinski definition) is 1. The minimum absolute atomic E-state index is 0.00732. The van der Waals surface area contributed by atoms with Gasteiger partial charge in [-0.1, -0.05) is 6.07 Å². The number of rotatable bonds is 4. The largest absolute Gasteiger partial charge is 0.478 e. The van der Waals surface area contributed by atoms with Crippen molar-refractivity contribution in [1.29, 1.82) is 0 Å². The Balaban J connectivity index is 2.44. The maximum absolute atomic E-state index is 12.4. The van der Waals surface area contributed by atoms with Gasteiger partial charge in [0, 0.05) is 13.2 Å². The van der Waals surface area contributed by atoms with Crippen molar-refractivity contribution in [3.05, 3.63) is 47.3 Å². The molecule has 0 bridgehead atoms. The molecule has 0 fully saturated rings. The minimum Gasteiger partial charge on any atom is -0.478 e. The first-order chi connectivity index (χ1) is 9.31. The SMILES string of the molecule is Cc1c(C(=O)O)cccc1S(=O)(=O)Cc1ccn(C)n1. The van der Waals surface area contributed by atoms with Crippen molar-refractivity contribution < 1.29 is 18.3 Å². The predicted molar refractivity (Wildman–Crippen MR) is 72.2 cm³/mol. The van der Waals surface area contributed by atoms with E-state index in [4.69, 9.17) is 5.11 Å². The van der Waals surface area contributed by atoms with E-state index in [1.54, 1.807) is 19.3 Å². The highest BCUT2D eigenvalue weighted by atomic mass is 32.2. The third-order valence-electron chi connectivity index (χ3n) is 2.96. The highest BCUT2D eigenvalue weighted by Gasteiger charge is 2.22. The van der Waals surface area contributed by atoms with E-state index in [0.29, 0.717) is 5.69 Å². The molecule has 0 radical (unpaired) electrons. The van der Waals surface area contributed by atoms with Crippen LogP contribution in [0.2, 0.25) is 0 Å². The molecule has 2 aromatic rings. The van der Waals surface area contributed by atoms with Gasteiger partial charge in [-0.25, -0.2) is 13.2 Å². The van der Waals surface area contributed by atoms with Crippen LogP contribution >= 0.6 is 0 Å². The van der Waals surface area contributed by atoms with Gasteiger partial charge in [-0.05, 0) is 30.7 Å². The van der Waals surface area contributed by atoms with Gasteiger partial charge >= 0.3 is 5.97 Å². The zero-order chi connectivity index (χ0) is 14.9. The summed E-state index contributed by atoms with van der Waals surface area (Å²) >= 11 is 0. The number of carbonyl (C=O) groups is 1. The molecule has 1 aromatic heterocycles. The summed E-state index contributed by atoms with van der Waals surface area (Å²) in [4.78, 5) is 11.1. The number of benzene rings is 1. The normalized spacial score (nSPS) is 11.5. The lowest BCUT2D eigenvalue weighted by molar-refractivity contribution is 0.0696. The van der Waals surface area contributed by atoms with Crippen LogP contribution in [0.3, 0.4) is 0 Å². The summed E-state index contributed by atoms with van der Waals surface area (Å²) in [6.45, 7) is 1.49. The lowest BCUT2D eigenvalue weighted by Crippen LogP contribution is -2.10. The second kappa shape index (κ2) is 5.09. The molecule has 0 aliphatic carbocycles. The zero-order valence-electron chi connectivity index (χ0n) is 11.1. The summed E-state index contributed by atoms with van der Waals surface area (Å²) in [7, 11) is -1.93. The van der Waals surface area contributed by atoms with Crippen molar-refractivity contribution in [2.45, 2.75) is 17.6 Å². The van der Waals surface area contributed by atoms with Gasteiger partial charge in [-0.3, -0.25) is 4.68 Å². The zero-order valence-corrected chi connectivity index (χ0v) is 11.9. The molecular weight excluding hydrogens is 280 g/mol. The van der Waals surface area contributed by atoms with Gasteiger partial charge < -0.3 is 5.11 Å². The maximum Gasteiger partial charge on any atom is 0.335 e. The molecule has 1 aromatic carbocycles. The maximum atomic E-state index is 12.4. The average molecular weight is 294 g/mol. The van der Waals surface area contributed by atoms with Crippen molar-refractivity contribution in [2.24, 2.45) is 7.05 Å². The fourth-order valence-electron chi connectivity index (χ4n) is 2.00. The molecule has 1 heterocycles. The summed E-state index contributed by atoms with van der Waals surface area (Å²) in [5.41, 5.74) is 0.663. The first-order valence-corrected chi connectivity index (χ1v) is 7.50. The van der Waals surface area contributed by atoms with E-state index in [-0.39, 0.29) is 21.8 Å². The van der Waals surface area contributed by atoms with Gasteiger partial charge in [0.15, 0.2) is 9.84 Å². The smallest absolute Gasteiger partial charge is 0.335 e. The van der Waals surface area contributed by atoms with E-state index >= 15 is 0 Å². The molecule has 2 rings (SSSR count). The Labute approximate surface area is 116 Å². The molecule has 0 aliphatic rings. The molecular formula is C13H14N2O4S. The quantitative estimate of drug-likeness (QED) is 0.920. The number of sulfone groups is 1. The summed E-state index contributed by atoms with van der Waals surface area (Å²) in [5, 5.41) is 13.1. The van der Waals surface area contributed by atoms with Crippen LogP contribution in [0.25, 0.3) is 0 Å². The van der Waals surface area contributed by atoms with Crippen molar-refractivity contribution in [2.75, 3.05) is 0 Å². The third-order valence-corrected chi connectivity index (χ3v) is 4.74. The van der Waals surface area contributed by atoms with Crippen molar-refractivity contribution in [3.63, 3.8) is 0 Å². The summed E-state index contributed by atoms with van der Waals surface area (Å²) in [5.74, 6) is -1.39. The van der Waals surface area contributed by atoms with Crippen LogP contribution in [0.4, 0.5) is 0 Å². The number of carboxylic acid groups (broad SMARTS) is 1. The van der Waals surface area contributed by atoms with Crippen LogP contribution in [0, 0.1) is 6.92 Å². The molecule has 0 spiro atoms. The molecule has 0 saturated carbocycles. The number of aryl methyl sites for hydroxylation is 1. The number of nitrogens with zero attached hydrogens (tertiary/aromatic N) is 2. The van der Waals surface area contributed by atoms with E-state index in [9.17, 15) is 13.2 Å². The topological polar surface area (TPSA) is 89.3 Å². The average Bonchev–Trinajstić information content (AvgIpc) is 2.73. The second-order valence-corrected chi connectivity index (χ2v) is 6.43. The number of aromatic nitrogens is 2. The van der Waals surface area contributed by atoms with E-state index in [1.807, 2.05) is 0 Å². The van der Waals surface area contributed by atoms with Gasteiger partial charge in [0.1, 0.15) is 0 Å². The Kier molecular flexibility index (Phi) is 3.63. The number of aromatic carboxylic acids is 1. The molecule has 0 atom stereocenters. The molecule has 0 saturated heterocycles. The van der Waals surface area contributed by atoms with Crippen LogP contribution in [-0.4, -0.2) is 29.3 Å². The van der Waals surface area contributed by atoms with Crippen LogP contribution < -0.4 is 0 Å². The fourth-order valence-corrected chi connectivity index (χ4v) is 3.56. The Bertz CT molecular complexity index is 762. The minimum atomic E-state index is -3.63. The van der Waals surface area contributed by atoms with Gasteiger partial charge in [0.25, 0.3) is 0 Å². The Morgan fingerprint density at radius 3 is 2.60 bits per heavy atom. The van der Waals surface area contributed by atoms with E-state index in [0.717, 1.165) is 0 Å². The summed E-state index contributed by atoms with van der Waals surface area (Å²) in [6.07, 6.45) is 1.66. The summed E-state index contributed by atoms with van der Waals surface area (Å²) in [6, 6.07) is 5.85. The molecule has 106 valence electrons. The monoisotopic (exact) mass is 294 g/mol. The lowest BCUT2D eigenvalue weighted by Gasteiger charge is -2.08. The van der Waals surface area contributed by atoms with Crippen molar-refractivity contribution >= 4 is 15.8 Å². The van der Waals surface area contributed by atoms with Crippen LogP contribution in [0.15, 0.2) is 35.4 Å². The summed E-state index contributed by atoms with van der Waals surface area (Å²) < 4.78 is 26.2. The van der Waals surface area contributed by atoms with Crippen LogP contribution in [0.1, 0.15) is 21.6 Å². The Hall–Kier alpha value is -2.15. The number of hydrogen-bond acceptors (Lipinski definition) is 4. The van der Waals surface area contributed by atoms with Gasteiger partial charge in [0.2, 0.25) is 0 Å². The fraction of sp³-hybridized carbons (Fsp3) is 0.231. The second-order valence-electron chi connectivity index (χ2n) is 4.47. The molecule has 0 amide bonds. The van der Waals surface area contributed by atoms with E-state index in [2.05, 4.69) is 5.10 Å². The van der Waals surface area contributed by atoms with Gasteiger partial charge in [0.05, 0.1) is 21.9 Å².